The highest BCUT2D eigenvalue weighted by atomic mass is 32.2. The number of rotatable bonds is 6. The summed E-state index contributed by atoms with van der Waals surface area (Å²) in [4.78, 5) is 15.5. The van der Waals surface area contributed by atoms with Crippen LogP contribution in [0.1, 0.15) is 10.4 Å². The first-order valence-electron chi connectivity index (χ1n) is 6.28. The summed E-state index contributed by atoms with van der Waals surface area (Å²) in [6, 6.07) is 10.4. The fourth-order valence-electron chi connectivity index (χ4n) is 1.61. The molecule has 1 aromatic carbocycles. The van der Waals surface area contributed by atoms with Gasteiger partial charge in [0.25, 0.3) is 5.91 Å². The number of thioether (sulfide) groups is 1. The lowest BCUT2D eigenvalue weighted by Crippen LogP contribution is -2.29. The molecule has 0 aliphatic heterocycles. The molecule has 0 spiro atoms. The van der Waals surface area contributed by atoms with Crippen LogP contribution in [0.15, 0.2) is 47.6 Å². The molecular formula is C14H16N4O2S. The number of aromatic nitrogens is 1. The van der Waals surface area contributed by atoms with Crippen LogP contribution in [0.25, 0.3) is 0 Å². The molecule has 0 radical (unpaired) electrons. The molecule has 2 aromatic rings. The minimum absolute atomic E-state index is 0.331. The van der Waals surface area contributed by atoms with Crippen molar-refractivity contribution in [2.75, 3.05) is 18.1 Å². The van der Waals surface area contributed by atoms with Gasteiger partial charge in [0, 0.05) is 17.5 Å². The molecule has 7 heteroatoms. The Morgan fingerprint density at radius 3 is 2.71 bits per heavy atom. The summed E-state index contributed by atoms with van der Waals surface area (Å²) in [5.41, 5.74) is 9.03. The molecule has 0 aliphatic rings. The van der Waals surface area contributed by atoms with Crippen LogP contribution >= 0.6 is 11.8 Å². The smallest absolute Gasteiger partial charge is 0.265 e. The van der Waals surface area contributed by atoms with Crippen molar-refractivity contribution in [2.24, 2.45) is 5.84 Å². The molecule has 0 aliphatic carbocycles. The number of ether oxygens (including phenoxy) is 1. The number of anilines is 1. The van der Waals surface area contributed by atoms with Gasteiger partial charge in [0.1, 0.15) is 10.8 Å². The quantitative estimate of drug-likeness (QED) is 0.245. The summed E-state index contributed by atoms with van der Waals surface area (Å²) < 4.78 is 5.58. The van der Waals surface area contributed by atoms with Crippen LogP contribution in [0.5, 0.6) is 5.75 Å². The van der Waals surface area contributed by atoms with E-state index in [4.69, 9.17) is 16.3 Å². The first-order chi connectivity index (χ1) is 10.2. The molecule has 0 bridgehead atoms. The highest BCUT2D eigenvalue weighted by Gasteiger charge is 2.04. The zero-order valence-corrected chi connectivity index (χ0v) is 12.1. The zero-order chi connectivity index (χ0) is 15.1. The van der Waals surface area contributed by atoms with Gasteiger partial charge in [0.2, 0.25) is 0 Å². The fraction of sp³-hybridized carbons (Fsp3) is 0.143. The van der Waals surface area contributed by atoms with Crippen LogP contribution in [-0.4, -0.2) is 23.3 Å². The number of pyridine rings is 1. The second kappa shape index (κ2) is 7.51. The van der Waals surface area contributed by atoms with Gasteiger partial charge < -0.3 is 10.5 Å². The second-order valence-corrected chi connectivity index (χ2v) is 5.18. The monoisotopic (exact) mass is 304 g/mol. The maximum absolute atomic E-state index is 11.3. The van der Waals surface area contributed by atoms with Crippen molar-refractivity contribution >= 4 is 23.4 Å². The zero-order valence-electron chi connectivity index (χ0n) is 11.3. The van der Waals surface area contributed by atoms with E-state index >= 15 is 0 Å². The van der Waals surface area contributed by atoms with E-state index in [9.17, 15) is 4.79 Å². The number of amides is 1. The number of hydrazine groups is 1. The molecule has 0 unspecified atom stereocenters. The van der Waals surface area contributed by atoms with E-state index in [1.165, 1.54) is 11.8 Å². The van der Waals surface area contributed by atoms with Gasteiger partial charge in [-0.3, -0.25) is 10.2 Å². The molecule has 1 aromatic heterocycles. The van der Waals surface area contributed by atoms with Crippen molar-refractivity contribution in [2.45, 2.75) is 5.03 Å². The largest absolute Gasteiger partial charge is 0.493 e. The summed E-state index contributed by atoms with van der Waals surface area (Å²) in [7, 11) is 0. The van der Waals surface area contributed by atoms with Crippen LogP contribution in [0.3, 0.4) is 0 Å². The summed E-state index contributed by atoms with van der Waals surface area (Å²) >= 11 is 1.54. The van der Waals surface area contributed by atoms with Gasteiger partial charge in [-0.25, -0.2) is 10.8 Å². The maximum Gasteiger partial charge on any atom is 0.265 e. The fourth-order valence-corrected chi connectivity index (χ4v) is 2.34. The van der Waals surface area contributed by atoms with Gasteiger partial charge in [-0.15, -0.1) is 11.8 Å². The highest BCUT2D eigenvalue weighted by molar-refractivity contribution is 7.99. The summed E-state index contributed by atoms with van der Waals surface area (Å²) in [6.45, 7) is 0.517. The minimum atomic E-state index is -0.331. The van der Waals surface area contributed by atoms with Crippen molar-refractivity contribution in [3.63, 3.8) is 0 Å². The van der Waals surface area contributed by atoms with E-state index in [2.05, 4.69) is 10.4 Å². The Bertz CT molecular complexity index is 604. The lowest BCUT2D eigenvalue weighted by atomic mass is 10.2. The van der Waals surface area contributed by atoms with Gasteiger partial charge in [0.15, 0.2) is 0 Å². The molecule has 0 fully saturated rings. The van der Waals surface area contributed by atoms with Crippen molar-refractivity contribution in [3.8, 4) is 5.75 Å². The Hall–Kier alpha value is -2.25. The van der Waals surface area contributed by atoms with Gasteiger partial charge in [-0.1, -0.05) is 0 Å². The number of nitrogens with two attached hydrogens (primary N) is 2. The lowest BCUT2D eigenvalue weighted by Gasteiger charge is -2.07. The standard InChI is InChI=1S/C14H16N4O2S/c15-12-2-1-7-17-14(12)21-9-8-20-11-5-3-10(4-6-11)13(19)18-16/h1-7H,8-9,15-16H2,(H,18,19). The number of nitrogens with one attached hydrogen (secondary N) is 1. The molecule has 5 N–H and O–H groups in total. The topological polar surface area (TPSA) is 103 Å². The molecule has 21 heavy (non-hydrogen) atoms. The number of carbonyl (C=O) groups is 1. The molecule has 0 saturated heterocycles. The van der Waals surface area contributed by atoms with Crippen molar-refractivity contribution in [3.05, 3.63) is 48.2 Å². The molecule has 1 amide bonds. The van der Waals surface area contributed by atoms with Crippen molar-refractivity contribution in [1.29, 1.82) is 0 Å². The second-order valence-electron chi connectivity index (χ2n) is 4.09. The van der Waals surface area contributed by atoms with Crippen LogP contribution in [0.2, 0.25) is 0 Å². The number of carbonyl (C=O) groups excluding carboxylic acids is 1. The minimum Gasteiger partial charge on any atom is -0.493 e. The van der Waals surface area contributed by atoms with E-state index < -0.39 is 0 Å². The number of benzene rings is 1. The Morgan fingerprint density at radius 1 is 1.29 bits per heavy atom. The Morgan fingerprint density at radius 2 is 2.05 bits per heavy atom. The predicted octanol–water partition coefficient (Wildman–Crippen LogP) is 1.44. The van der Waals surface area contributed by atoms with E-state index in [0.717, 1.165) is 10.8 Å². The van der Waals surface area contributed by atoms with E-state index in [1.54, 1.807) is 36.5 Å². The summed E-state index contributed by atoms with van der Waals surface area (Å²) in [5, 5.41) is 0.802. The summed E-state index contributed by atoms with van der Waals surface area (Å²) in [6.07, 6.45) is 1.71. The average molecular weight is 304 g/mol. The van der Waals surface area contributed by atoms with Gasteiger partial charge in [-0.2, -0.15) is 0 Å². The number of nitrogens with zero attached hydrogens (tertiary/aromatic N) is 1. The van der Waals surface area contributed by atoms with Gasteiger partial charge in [0.05, 0.1) is 12.3 Å². The summed E-state index contributed by atoms with van der Waals surface area (Å²) in [5.74, 6) is 6.15. The first-order valence-corrected chi connectivity index (χ1v) is 7.26. The molecule has 6 nitrogen and oxygen atoms in total. The number of hydrogen-bond donors (Lipinski definition) is 3. The van der Waals surface area contributed by atoms with Gasteiger partial charge >= 0.3 is 0 Å². The highest BCUT2D eigenvalue weighted by Crippen LogP contribution is 2.21. The average Bonchev–Trinajstić information content (AvgIpc) is 2.53. The van der Waals surface area contributed by atoms with Crippen LogP contribution in [0, 0.1) is 0 Å². The Balaban J connectivity index is 1.79. The molecule has 0 saturated carbocycles. The van der Waals surface area contributed by atoms with Crippen molar-refractivity contribution in [1.82, 2.24) is 10.4 Å². The maximum atomic E-state index is 11.3. The van der Waals surface area contributed by atoms with E-state index in [1.807, 2.05) is 6.07 Å². The molecule has 1 heterocycles. The van der Waals surface area contributed by atoms with E-state index in [0.29, 0.717) is 23.6 Å². The van der Waals surface area contributed by atoms with Crippen LogP contribution < -0.4 is 21.7 Å². The number of nitrogen functional groups attached to an aromatic ring is 2. The SMILES string of the molecule is NNC(=O)c1ccc(OCCSc2ncccc2N)cc1. The molecule has 110 valence electrons. The molecule has 0 atom stereocenters. The van der Waals surface area contributed by atoms with Gasteiger partial charge in [-0.05, 0) is 36.4 Å². The third kappa shape index (κ3) is 4.37. The molecule has 2 rings (SSSR count). The Kier molecular flexibility index (Phi) is 5.42. The third-order valence-electron chi connectivity index (χ3n) is 2.64. The molecular weight excluding hydrogens is 288 g/mol. The predicted molar refractivity (Wildman–Crippen MR) is 83.0 cm³/mol. The lowest BCUT2D eigenvalue weighted by molar-refractivity contribution is 0.0953. The van der Waals surface area contributed by atoms with E-state index in [-0.39, 0.29) is 5.91 Å². The number of hydrogen-bond acceptors (Lipinski definition) is 6. The van der Waals surface area contributed by atoms with Crippen LogP contribution in [0.4, 0.5) is 5.69 Å². The Labute approximate surface area is 126 Å². The third-order valence-corrected chi connectivity index (χ3v) is 3.62. The van der Waals surface area contributed by atoms with Crippen LogP contribution in [-0.2, 0) is 0 Å². The normalized spacial score (nSPS) is 10.1. The first kappa shape index (κ1) is 15.1. The van der Waals surface area contributed by atoms with Crippen molar-refractivity contribution < 1.29 is 9.53 Å².